The Morgan fingerprint density at radius 1 is 1.10 bits per heavy atom. The van der Waals surface area contributed by atoms with E-state index in [1.807, 2.05) is 17.5 Å². The van der Waals surface area contributed by atoms with E-state index in [1.54, 1.807) is 36.4 Å². The minimum Gasteiger partial charge on any atom is -0.459 e. The lowest BCUT2D eigenvalue weighted by Gasteiger charge is -2.31. The summed E-state index contributed by atoms with van der Waals surface area (Å²) in [5.74, 6) is -0.660. The maximum absolute atomic E-state index is 13.5. The highest BCUT2D eigenvalue weighted by Gasteiger charge is 2.36. The Hall–Kier alpha value is -3.19. The lowest BCUT2D eigenvalue weighted by Crippen LogP contribution is -2.46. The van der Waals surface area contributed by atoms with Crippen LogP contribution in [-0.4, -0.2) is 23.6 Å². The van der Waals surface area contributed by atoms with E-state index in [9.17, 15) is 14.4 Å². The molecule has 1 fully saturated rings. The van der Waals surface area contributed by atoms with Crippen LogP contribution in [0.2, 0.25) is 0 Å². The molecule has 0 spiro atoms. The number of amides is 2. The van der Waals surface area contributed by atoms with Gasteiger partial charge in [-0.1, -0.05) is 31.0 Å². The molecule has 6 nitrogen and oxygen atoms in total. The summed E-state index contributed by atoms with van der Waals surface area (Å²) < 4.78 is 5.37. The van der Waals surface area contributed by atoms with Gasteiger partial charge in [0.15, 0.2) is 17.6 Å². The number of ketones is 1. The molecule has 0 bridgehead atoms. The number of thiophene rings is 1. The van der Waals surface area contributed by atoms with Crippen LogP contribution in [0.15, 0.2) is 64.6 Å². The third-order valence-corrected chi connectivity index (χ3v) is 6.43. The van der Waals surface area contributed by atoms with Gasteiger partial charge in [0, 0.05) is 22.2 Å². The van der Waals surface area contributed by atoms with Gasteiger partial charge in [-0.3, -0.25) is 19.3 Å². The van der Waals surface area contributed by atoms with Gasteiger partial charge >= 0.3 is 0 Å². The Kier molecular flexibility index (Phi) is 6.32. The van der Waals surface area contributed by atoms with Gasteiger partial charge in [0.25, 0.3) is 5.91 Å². The second-order valence-corrected chi connectivity index (χ2v) is 8.65. The van der Waals surface area contributed by atoms with Gasteiger partial charge in [-0.2, -0.15) is 0 Å². The molecule has 1 atom stereocenters. The van der Waals surface area contributed by atoms with Crippen LogP contribution in [-0.2, 0) is 4.79 Å². The van der Waals surface area contributed by atoms with Gasteiger partial charge in [0.1, 0.15) is 0 Å². The molecule has 31 heavy (non-hydrogen) atoms. The van der Waals surface area contributed by atoms with Crippen LogP contribution in [0.25, 0.3) is 0 Å². The second kappa shape index (κ2) is 9.31. The smallest absolute Gasteiger partial charge is 0.295 e. The van der Waals surface area contributed by atoms with Crippen molar-refractivity contribution < 1.29 is 18.8 Å². The normalized spacial score (nSPS) is 14.9. The fourth-order valence-electron chi connectivity index (χ4n) is 3.95. The topological polar surface area (TPSA) is 79.6 Å². The molecular formula is C24H24N2O4S. The number of carbonyl (C=O) groups excluding carboxylic acids is 3. The minimum absolute atomic E-state index is 0.110. The van der Waals surface area contributed by atoms with Gasteiger partial charge in [-0.25, -0.2) is 0 Å². The van der Waals surface area contributed by atoms with Crippen molar-refractivity contribution in [2.45, 2.75) is 44.7 Å². The predicted molar refractivity (Wildman–Crippen MR) is 119 cm³/mol. The molecule has 1 aliphatic rings. The summed E-state index contributed by atoms with van der Waals surface area (Å²) in [5, 5.41) is 5.01. The van der Waals surface area contributed by atoms with Gasteiger partial charge < -0.3 is 9.73 Å². The Morgan fingerprint density at radius 3 is 2.55 bits per heavy atom. The van der Waals surface area contributed by atoms with Gasteiger partial charge in [0.2, 0.25) is 5.91 Å². The number of carbonyl (C=O) groups is 3. The summed E-state index contributed by atoms with van der Waals surface area (Å²) >= 11 is 1.41. The molecule has 2 heterocycles. The van der Waals surface area contributed by atoms with Gasteiger partial charge in [0.05, 0.1) is 6.26 Å². The average Bonchev–Trinajstić information content (AvgIpc) is 3.55. The summed E-state index contributed by atoms with van der Waals surface area (Å²) in [6.07, 6.45) is 5.48. The zero-order chi connectivity index (χ0) is 21.8. The van der Waals surface area contributed by atoms with Crippen molar-refractivity contribution in [3.63, 3.8) is 0 Å². The highest BCUT2D eigenvalue weighted by atomic mass is 32.1. The number of anilines is 1. The summed E-state index contributed by atoms with van der Waals surface area (Å²) in [6.45, 7) is 1.47. The van der Waals surface area contributed by atoms with Crippen molar-refractivity contribution in [3.05, 3.63) is 76.4 Å². The molecule has 0 radical (unpaired) electrons. The first-order valence-electron chi connectivity index (χ1n) is 10.4. The van der Waals surface area contributed by atoms with E-state index in [2.05, 4.69) is 5.32 Å². The summed E-state index contributed by atoms with van der Waals surface area (Å²) in [6, 6.07) is 12.9. The van der Waals surface area contributed by atoms with E-state index in [4.69, 9.17) is 4.42 Å². The fourth-order valence-corrected chi connectivity index (χ4v) is 4.76. The van der Waals surface area contributed by atoms with Crippen LogP contribution >= 0.6 is 11.3 Å². The van der Waals surface area contributed by atoms with E-state index in [-0.39, 0.29) is 23.5 Å². The number of nitrogens with one attached hydrogen (secondary N) is 1. The number of rotatable bonds is 7. The molecule has 4 rings (SSSR count). The lowest BCUT2D eigenvalue weighted by atomic mass is 10.1. The Morgan fingerprint density at radius 2 is 1.90 bits per heavy atom. The number of nitrogens with zero attached hydrogens (tertiary/aromatic N) is 1. The number of hydrogen-bond acceptors (Lipinski definition) is 5. The van der Waals surface area contributed by atoms with Crippen molar-refractivity contribution >= 4 is 34.6 Å². The van der Waals surface area contributed by atoms with Gasteiger partial charge in [-0.05, 0) is 55.5 Å². The highest BCUT2D eigenvalue weighted by molar-refractivity contribution is 7.10. The van der Waals surface area contributed by atoms with Crippen LogP contribution in [0.4, 0.5) is 5.69 Å². The van der Waals surface area contributed by atoms with Crippen molar-refractivity contribution in [2.75, 3.05) is 4.90 Å². The van der Waals surface area contributed by atoms with Crippen LogP contribution in [0, 0.1) is 0 Å². The van der Waals surface area contributed by atoms with E-state index < -0.39 is 11.9 Å². The third kappa shape index (κ3) is 4.61. The standard InChI is InChI=1S/C24H24N2O4S/c1-16(27)17-7-4-10-19(15-17)26(24(29)20-11-5-13-30-20)22(21-12-6-14-31-21)23(28)25-18-8-2-3-9-18/h4-7,10-15,18,22H,2-3,8-9H2,1H3,(H,25,28)/t22-/m1/s1. The first-order valence-corrected chi connectivity index (χ1v) is 11.2. The fraction of sp³-hybridized carbons (Fsp3) is 0.292. The quantitative estimate of drug-likeness (QED) is 0.529. The minimum atomic E-state index is -0.875. The second-order valence-electron chi connectivity index (χ2n) is 7.67. The van der Waals surface area contributed by atoms with Gasteiger partial charge in [-0.15, -0.1) is 11.3 Å². The molecule has 2 aromatic heterocycles. The molecule has 1 aliphatic carbocycles. The molecule has 3 aromatic rings. The van der Waals surface area contributed by atoms with E-state index >= 15 is 0 Å². The molecule has 1 saturated carbocycles. The number of furan rings is 1. The molecule has 0 aliphatic heterocycles. The van der Waals surface area contributed by atoms with Crippen LogP contribution in [0.1, 0.15) is 64.4 Å². The molecule has 1 N–H and O–H groups in total. The molecular weight excluding hydrogens is 412 g/mol. The summed E-state index contributed by atoms with van der Waals surface area (Å²) in [7, 11) is 0. The van der Waals surface area contributed by atoms with Crippen molar-refractivity contribution in [3.8, 4) is 0 Å². The van der Waals surface area contributed by atoms with E-state index in [0.717, 1.165) is 30.6 Å². The SMILES string of the molecule is CC(=O)c1cccc(N(C(=O)c2ccco2)[C@@H](C(=O)NC2CCCC2)c2cccs2)c1. The van der Waals surface area contributed by atoms with Crippen molar-refractivity contribution in [2.24, 2.45) is 0 Å². The third-order valence-electron chi connectivity index (χ3n) is 5.50. The Balaban J connectivity index is 1.79. The number of hydrogen-bond donors (Lipinski definition) is 1. The molecule has 0 unspecified atom stereocenters. The number of benzene rings is 1. The molecule has 2 amide bonds. The van der Waals surface area contributed by atoms with E-state index in [1.165, 1.54) is 29.4 Å². The zero-order valence-corrected chi connectivity index (χ0v) is 18.1. The maximum atomic E-state index is 13.5. The van der Waals surface area contributed by atoms with Crippen molar-refractivity contribution in [1.82, 2.24) is 5.32 Å². The largest absolute Gasteiger partial charge is 0.459 e. The van der Waals surface area contributed by atoms with Crippen LogP contribution < -0.4 is 10.2 Å². The predicted octanol–water partition coefficient (Wildman–Crippen LogP) is 4.99. The lowest BCUT2D eigenvalue weighted by molar-refractivity contribution is -0.123. The van der Waals surface area contributed by atoms with Crippen LogP contribution in [0.5, 0.6) is 0 Å². The zero-order valence-electron chi connectivity index (χ0n) is 17.2. The molecule has 1 aromatic carbocycles. The molecule has 0 saturated heterocycles. The maximum Gasteiger partial charge on any atom is 0.295 e. The summed E-state index contributed by atoms with van der Waals surface area (Å²) in [5.41, 5.74) is 0.935. The molecule has 7 heteroatoms. The van der Waals surface area contributed by atoms with Crippen LogP contribution in [0.3, 0.4) is 0 Å². The monoisotopic (exact) mass is 436 g/mol. The Labute approximate surface area is 184 Å². The Bertz CT molecular complexity index is 1050. The van der Waals surface area contributed by atoms with E-state index in [0.29, 0.717) is 11.3 Å². The number of Topliss-reactive ketones (excluding diaryl/α,β-unsaturated/α-hetero) is 1. The average molecular weight is 437 g/mol. The first kappa shape index (κ1) is 21.1. The highest BCUT2D eigenvalue weighted by Crippen LogP contribution is 2.33. The molecule has 160 valence electrons. The van der Waals surface area contributed by atoms with Crippen molar-refractivity contribution in [1.29, 1.82) is 0 Å². The summed E-state index contributed by atoms with van der Waals surface area (Å²) in [4.78, 5) is 41.2. The first-order chi connectivity index (χ1) is 15.0.